The molecular formula is C25H30FN3O. The first-order valence-corrected chi connectivity index (χ1v) is 10.9. The fourth-order valence-corrected chi connectivity index (χ4v) is 4.31. The molecule has 2 aliphatic rings. The number of benzene rings is 2. The van der Waals surface area contributed by atoms with E-state index in [9.17, 15) is 9.18 Å². The molecule has 1 atom stereocenters. The molecule has 0 saturated carbocycles. The van der Waals surface area contributed by atoms with Crippen LogP contribution >= 0.6 is 0 Å². The second-order valence-corrected chi connectivity index (χ2v) is 8.78. The van der Waals surface area contributed by atoms with Gasteiger partial charge < -0.3 is 0 Å². The molecule has 30 heavy (non-hydrogen) atoms. The second kappa shape index (κ2) is 8.68. The second-order valence-electron chi connectivity index (χ2n) is 8.78. The van der Waals surface area contributed by atoms with E-state index in [-0.39, 0.29) is 11.7 Å². The van der Waals surface area contributed by atoms with Crippen molar-refractivity contribution in [3.8, 4) is 0 Å². The van der Waals surface area contributed by atoms with E-state index in [2.05, 4.69) is 37.8 Å². The van der Waals surface area contributed by atoms with Crippen molar-refractivity contribution in [3.63, 3.8) is 0 Å². The van der Waals surface area contributed by atoms with E-state index in [1.807, 2.05) is 12.1 Å². The highest BCUT2D eigenvalue weighted by Crippen LogP contribution is 2.34. The van der Waals surface area contributed by atoms with E-state index < -0.39 is 6.04 Å². The third kappa shape index (κ3) is 4.31. The SMILES string of the molecule is Cc1ccc(C2=NN(C(=O)CN3CCC(C)CC3)[C@@H](c3ccccc3F)C2)cc1C. The predicted octanol–water partition coefficient (Wildman–Crippen LogP) is 4.85. The number of hydrazone groups is 1. The predicted molar refractivity (Wildman–Crippen MR) is 118 cm³/mol. The van der Waals surface area contributed by atoms with E-state index in [0.29, 0.717) is 24.4 Å². The fraction of sp³-hybridized carbons (Fsp3) is 0.440. The maximum atomic E-state index is 14.6. The van der Waals surface area contributed by atoms with Gasteiger partial charge in [0.25, 0.3) is 5.91 Å². The Morgan fingerprint density at radius 3 is 2.53 bits per heavy atom. The standard InChI is InChI=1S/C25H30FN3O/c1-17-10-12-28(13-11-17)16-25(30)29-24(21-6-4-5-7-22(21)26)15-23(27-29)20-9-8-18(2)19(3)14-20/h4-9,14,17,24H,10-13,15-16H2,1-3H3/t24-/m1/s1. The molecule has 5 heteroatoms. The van der Waals surface area contributed by atoms with Crippen LogP contribution in [0.15, 0.2) is 47.6 Å². The molecule has 0 radical (unpaired) electrons. The van der Waals surface area contributed by atoms with Gasteiger partial charge >= 0.3 is 0 Å². The Labute approximate surface area is 178 Å². The fourth-order valence-electron chi connectivity index (χ4n) is 4.31. The van der Waals surface area contributed by atoms with Crippen LogP contribution < -0.4 is 0 Å². The van der Waals surface area contributed by atoms with Gasteiger partial charge in [-0.3, -0.25) is 9.69 Å². The lowest BCUT2D eigenvalue weighted by Gasteiger charge is -2.31. The number of carbonyl (C=O) groups excluding carboxylic acids is 1. The molecule has 2 aliphatic heterocycles. The average Bonchev–Trinajstić information content (AvgIpc) is 3.17. The highest BCUT2D eigenvalue weighted by Gasteiger charge is 2.35. The summed E-state index contributed by atoms with van der Waals surface area (Å²) < 4.78 is 14.6. The molecule has 0 spiro atoms. The van der Waals surface area contributed by atoms with Crippen molar-refractivity contribution >= 4 is 11.6 Å². The molecule has 2 aromatic rings. The maximum absolute atomic E-state index is 14.6. The first-order valence-electron chi connectivity index (χ1n) is 10.9. The maximum Gasteiger partial charge on any atom is 0.257 e. The number of likely N-dealkylation sites (tertiary alicyclic amines) is 1. The number of piperidine rings is 1. The molecule has 0 bridgehead atoms. The number of hydrogen-bond acceptors (Lipinski definition) is 3. The summed E-state index contributed by atoms with van der Waals surface area (Å²) in [6, 6.07) is 12.5. The minimum Gasteiger partial charge on any atom is -0.294 e. The van der Waals surface area contributed by atoms with Gasteiger partial charge in [0.05, 0.1) is 18.3 Å². The number of aryl methyl sites for hydroxylation is 2. The summed E-state index contributed by atoms with van der Waals surface area (Å²) in [6.45, 7) is 8.60. The zero-order valence-electron chi connectivity index (χ0n) is 18.1. The molecule has 1 saturated heterocycles. The van der Waals surface area contributed by atoms with Gasteiger partial charge in [0.1, 0.15) is 5.82 Å². The Hall–Kier alpha value is -2.53. The molecule has 4 rings (SSSR count). The monoisotopic (exact) mass is 407 g/mol. The topological polar surface area (TPSA) is 35.9 Å². The Morgan fingerprint density at radius 2 is 1.83 bits per heavy atom. The van der Waals surface area contributed by atoms with Crippen molar-refractivity contribution in [2.75, 3.05) is 19.6 Å². The average molecular weight is 408 g/mol. The first-order chi connectivity index (χ1) is 14.4. The van der Waals surface area contributed by atoms with Crippen molar-refractivity contribution in [1.29, 1.82) is 0 Å². The molecule has 1 amide bonds. The molecule has 4 nitrogen and oxygen atoms in total. The van der Waals surface area contributed by atoms with Crippen LogP contribution in [-0.2, 0) is 4.79 Å². The van der Waals surface area contributed by atoms with Gasteiger partial charge in [-0.1, -0.05) is 37.3 Å². The number of hydrogen-bond donors (Lipinski definition) is 0. The highest BCUT2D eigenvalue weighted by molar-refractivity contribution is 6.03. The van der Waals surface area contributed by atoms with Gasteiger partial charge in [-0.15, -0.1) is 0 Å². The number of rotatable bonds is 4. The van der Waals surface area contributed by atoms with E-state index >= 15 is 0 Å². The normalized spacial score (nSPS) is 20.5. The van der Waals surface area contributed by atoms with Gasteiger partial charge in [0.2, 0.25) is 0 Å². The third-order valence-corrected chi connectivity index (χ3v) is 6.51. The highest BCUT2D eigenvalue weighted by atomic mass is 19.1. The molecule has 158 valence electrons. The lowest BCUT2D eigenvalue weighted by Crippen LogP contribution is -2.41. The third-order valence-electron chi connectivity index (χ3n) is 6.51. The van der Waals surface area contributed by atoms with Gasteiger partial charge in [0, 0.05) is 12.0 Å². The molecule has 0 unspecified atom stereocenters. The van der Waals surface area contributed by atoms with Crippen molar-refractivity contribution in [1.82, 2.24) is 9.91 Å². The molecule has 2 heterocycles. The van der Waals surface area contributed by atoms with Crippen LogP contribution in [0.2, 0.25) is 0 Å². The molecular weight excluding hydrogens is 377 g/mol. The van der Waals surface area contributed by atoms with Crippen molar-refractivity contribution in [3.05, 3.63) is 70.5 Å². The Kier molecular flexibility index (Phi) is 6.00. The Morgan fingerprint density at radius 1 is 1.10 bits per heavy atom. The minimum atomic E-state index is -0.404. The largest absolute Gasteiger partial charge is 0.294 e. The molecule has 0 aliphatic carbocycles. The summed E-state index contributed by atoms with van der Waals surface area (Å²) in [6.07, 6.45) is 2.74. The number of amides is 1. The zero-order chi connectivity index (χ0) is 21.3. The Bertz CT molecular complexity index is 963. The van der Waals surface area contributed by atoms with Gasteiger partial charge in [-0.2, -0.15) is 5.10 Å². The van der Waals surface area contributed by atoms with Gasteiger partial charge in [0.15, 0.2) is 0 Å². The molecule has 1 fully saturated rings. The van der Waals surface area contributed by atoms with Crippen LogP contribution in [0.25, 0.3) is 0 Å². The van der Waals surface area contributed by atoms with Crippen LogP contribution in [0.5, 0.6) is 0 Å². The van der Waals surface area contributed by atoms with E-state index in [0.717, 1.165) is 37.2 Å². The van der Waals surface area contributed by atoms with Crippen LogP contribution in [0.4, 0.5) is 4.39 Å². The summed E-state index contributed by atoms with van der Waals surface area (Å²) in [4.78, 5) is 15.4. The van der Waals surface area contributed by atoms with E-state index in [1.54, 1.807) is 12.1 Å². The minimum absolute atomic E-state index is 0.0587. The molecule has 0 aromatic heterocycles. The van der Waals surface area contributed by atoms with Gasteiger partial charge in [-0.05, 0) is 74.5 Å². The zero-order valence-corrected chi connectivity index (χ0v) is 18.1. The molecule has 0 N–H and O–H groups in total. The van der Waals surface area contributed by atoms with E-state index in [1.165, 1.54) is 22.2 Å². The lowest BCUT2D eigenvalue weighted by atomic mass is 9.96. The summed E-state index contributed by atoms with van der Waals surface area (Å²) >= 11 is 0. The summed E-state index contributed by atoms with van der Waals surface area (Å²) in [7, 11) is 0. The molecule has 2 aromatic carbocycles. The number of halogens is 1. The number of carbonyl (C=O) groups is 1. The van der Waals surface area contributed by atoms with Crippen molar-refractivity contribution in [2.45, 2.75) is 46.1 Å². The number of nitrogens with zero attached hydrogens (tertiary/aromatic N) is 3. The van der Waals surface area contributed by atoms with Crippen LogP contribution in [0.3, 0.4) is 0 Å². The summed E-state index contributed by atoms with van der Waals surface area (Å²) in [5, 5.41) is 6.24. The Balaban J connectivity index is 1.61. The van der Waals surface area contributed by atoms with Crippen LogP contribution in [0, 0.1) is 25.6 Å². The van der Waals surface area contributed by atoms with Crippen molar-refractivity contribution in [2.24, 2.45) is 11.0 Å². The van der Waals surface area contributed by atoms with Crippen molar-refractivity contribution < 1.29 is 9.18 Å². The van der Waals surface area contributed by atoms with Crippen LogP contribution in [0.1, 0.15) is 54.5 Å². The summed E-state index contributed by atoms with van der Waals surface area (Å²) in [5.74, 6) is 0.365. The first kappa shape index (κ1) is 20.7. The summed E-state index contributed by atoms with van der Waals surface area (Å²) in [5.41, 5.74) is 4.77. The van der Waals surface area contributed by atoms with E-state index in [4.69, 9.17) is 5.10 Å². The quantitative estimate of drug-likeness (QED) is 0.726. The lowest BCUT2D eigenvalue weighted by molar-refractivity contribution is -0.134. The van der Waals surface area contributed by atoms with Gasteiger partial charge in [-0.25, -0.2) is 9.40 Å². The smallest absolute Gasteiger partial charge is 0.257 e. The van der Waals surface area contributed by atoms with Crippen LogP contribution in [-0.4, -0.2) is 41.2 Å².